The van der Waals surface area contributed by atoms with Gasteiger partial charge in [-0.1, -0.05) is 42.0 Å². The molecule has 0 fully saturated rings. The summed E-state index contributed by atoms with van der Waals surface area (Å²) in [6, 6.07) is 21.8. The molecule has 2 N–H and O–H groups in total. The summed E-state index contributed by atoms with van der Waals surface area (Å²) in [6.07, 6.45) is 0.829. The Morgan fingerprint density at radius 3 is 2.48 bits per heavy atom. The Hall–Kier alpha value is -3.18. The second-order valence-corrected chi connectivity index (χ2v) is 6.90. The minimum atomic E-state index is -0.217. The molecular weight excluding hydrogens is 367 g/mol. The molecule has 0 unspecified atom stereocenters. The van der Waals surface area contributed by atoms with Crippen LogP contribution in [0.1, 0.15) is 16.7 Å². The van der Waals surface area contributed by atoms with Crippen molar-refractivity contribution in [3.05, 3.63) is 95.3 Å². The molecule has 0 spiro atoms. The molecule has 0 aliphatic rings. The van der Waals surface area contributed by atoms with E-state index in [1.165, 1.54) is 12.1 Å². The highest BCUT2D eigenvalue weighted by atomic mass is 19.1. The number of aryl methyl sites for hydroxylation is 1. The van der Waals surface area contributed by atoms with Gasteiger partial charge in [0.05, 0.1) is 0 Å². The number of benzene rings is 3. The van der Waals surface area contributed by atoms with Gasteiger partial charge in [0.15, 0.2) is 6.61 Å². The topological polar surface area (TPSA) is 50.4 Å². The summed E-state index contributed by atoms with van der Waals surface area (Å²) in [5.74, 6) is 0.240. The summed E-state index contributed by atoms with van der Waals surface area (Å²) in [5.41, 5.74) is 4.06. The molecule has 0 saturated carbocycles. The van der Waals surface area contributed by atoms with E-state index >= 15 is 0 Å². The van der Waals surface area contributed by atoms with Crippen molar-refractivity contribution in [2.75, 3.05) is 18.5 Å². The number of hydrogen-bond acceptors (Lipinski definition) is 3. The van der Waals surface area contributed by atoms with Gasteiger partial charge in [-0.2, -0.15) is 0 Å². The third kappa shape index (κ3) is 7.05. The number of carbonyl (C=O) groups is 1. The van der Waals surface area contributed by atoms with Gasteiger partial charge in [0, 0.05) is 12.2 Å². The van der Waals surface area contributed by atoms with E-state index in [9.17, 15) is 9.18 Å². The Bertz CT molecular complexity index is 924. The van der Waals surface area contributed by atoms with E-state index in [1.54, 1.807) is 12.1 Å². The van der Waals surface area contributed by atoms with E-state index in [1.807, 2.05) is 55.5 Å². The monoisotopic (exact) mass is 392 g/mol. The van der Waals surface area contributed by atoms with Gasteiger partial charge in [0.2, 0.25) is 0 Å². The summed E-state index contributed by atoms with van der Waals surface area (Å²) in [6.45, 7) is 3.43. The Labute approximate surface area is 170 Å². The number of hydrogen-bond donors (Lipinski definition) is 2. The quantitative estimate of drug-likeness (QED) is 0.528. The van der Waals surface area contributed by atoms with Crippen molar-refractivity contribution in [3.63, 3.8) is 0 Å². The van der Waals surface area contributed by atoms with Gasteiger partial charge in [-0.15, -0.1) is 0 Å². The molecule has 4 nitrogen and oxygen atoms in total. The van der Waals surface area contributed by atoms with Crippen molar-refractivity contribution in [1.82, 2.24) is 5.32 Å². The molecule has 0 radical (unpaired) electrons. The first kappa shape index (κ1) is 20.6. The summed E-state index contributed by atoms with van der Waals surface area (Å²) >= 11 is 0. The molecule has 0 saturated heterocycles. The molecule has 3 aromatic carbocycles. The maximum Gasteiger partial charge on any atom is 0.262 e. The lowest BCUT2D eigenvalue weighted by Gasteiger charge is -2.10. The van der Waals surface area contributed by atoms with Crippen LogP contribution in [0.15, 0.2) is 72.8 Å². The van der Waals surface area contributed by atoms with Crippen molar-refractivity contribution in [3.8, 4) is 5.75 Å². The Morgan fingerprint density at radius 1 is 0.966 bits per heavy atom. The minimum Gasteiger partial charge on any atom is -0.484 e. The SMILES string of the molecule is Cc1ccc(NC(=O)COc2cccc(CNCCc3ccc(F)cc3)c2)cc1. The van der Waals surface area contributed by atoms with Crippen LogP contribution in [0.3, 0.4) is 0 Å². The van der Waals surface area contributed by atoms with Crippen molar-refractivity contribution in [1.29, 1.82) is 0 Å². The molecule has 0 atom stereocenters. The predicted octanol–water partition coefficient (Wildman–Crippen LogP) is 4.48. The summed E-state index contributed by atoms with van der Waals surface area (Å²) in [5, 5.41) is 6.18. The summed E-state index contributed by atoms with van der Waals surface area (Å²) < 4.78 is 18.5. The third-order valence-electron chi connectivity index (χ3n) is 4.44. The zero-order valence-electron chi connectivity index (χ0n) is 16.5. The normalized spacial score (nSPS) is 10.6. The lowest BCUT2D eigenvalue weighted by Crippen LogP contribution is -2.20. The van der Waals surface area contributed by atoms with E-state index < -0.39 is 0 Å². The van der Waals surface area contributed by atoms with Crippen LogP contribution in [0.25, 0.3) is 0 Å². The number of ether oxygens (including phenoxy) is 1. The van der Waals surface area contributed by atoms with Gasteiger partial charge in [0.1, 0.15) is 11.6 Å². The second kappa shape index (κ2) is 10.4. The van der Waals surface area contributed by atoms with Crippen LogP contribution in [-0.4, -0.2) is 19.1 Å². The van der Waals surface area contributed by atoms with Gasteiger partial charge in [-0.05, 0) is 67.4 Å². The molecule has 29 heavy (non-hydrogen) atoms. The maximum absolute atomic E-state index is 12.9. The van der Waals surface area contributed by atoms with Crippen LogP contribution in [0.5, 0.6) is 5.75 Å². The largest absolute Gasteiger partial charge is 0.484 e. The molecule has 0 aliphatic carbocycles. The van der Waals surface area contributed by atoms with Crippen LogP contribution in [0.4, 0.5) is 10.1 Å². The van der Waals surface area contributed by atoms with Gasteiger partial charge >= 0.3 is 0 Å². The fourth-order valence-electron chi connectivity index (χ4n) is 2.84. The molecule has 0 aliphatic heterocycles. The zero-order valence-corrected chi connectivity index (χ0v) is 16.5. The number of rotatable bonds is 9. The highest BCUT2D eigenvalue weighted by Gasteiger charge is 2.04. The van der Waals surface area contributed by atoms with Gasteiger partial charge < -0.3 is 15.4 Å². The Kier molecular flexibility index (Phi) is 7.36. The van der Waals surface area contributed by atoms with Crippen LogP contribution in [0.2, 0.25) is 0 Å². The van der Waals surface area contributed by atoms with E-state index in [-0.39, 0.29) is 18.3 Å². The number of anilines is 1. The van der Waals surface area contributed by atoms with Crippen LogP contribution in [-0.2, 0) is 17.8 Å². The molecule has 5 heteroatoms. The molecule has 1 amide bonds. The molecule has 3 aromatic rings. The lowest BCUT2D eigenvalue weighted by atomic mass is 10.1. The molecule has 3 rings (SSSR count). The van der Waals surface area contributed by atoms with E-state index in [0.717, 1.165) is 35.3 Å². The average Bonchev–Trinajstić information content (AvgIpc) is 2.73. The van der Waals surface area contributed by atoms with E-state index in [2.05, 4.69) is 10.6 Å². The summed E-state index contributed by atoms with van der Waals surface area (Å²) in [7, 11) is 0. The molecular formula is C24H25FN2O2. The zero-order chi connectivity index (χ0) is 20.5. The van der Waals surface area contributed by atoms with Crippen molar-refractivity contribution >= 4 is 11.6 Å². The first-order chi connectivity index (χ1) is 14.1. The second-order valence-electron chi connectivity index (χ2n) is 6.90. The van der Waals surface area contributed by atoms with Gasteiger partial charge in [-0.25, -0.2) is 4.39 Å². The Morgan fingerprint density at radius 2 is 1.72 bits per heavy atom. The fraction of sp³-hybridized carbons (Fsp3) is 0.208. The highest BCUT2D eigenvalue weighted by molar-refractivity contribution is 5.91. The van der Waals surface area contributed by atoms with Crippen molar-refractivity contribution in [2.45, 2.75) is 19.9 Å². The van der Waals surface area contributed by atoms with Crippen molar-refractivity contribution < 1.29 is 13.9 Å². The standard InChI is InChI=1S/C24H25FN2O2/c1-18-5-11-22(12-6-18)27-24(28)17-29-23-4-2-3-20(15-23)16-26-14-13-19-7-9-21(25)10-8-19/h2-12,15,26H,13-14,16-17H2,1H3,(H,27,28). The lowest BCUT2D eigenvalue weighted by molar-refractivity contribution is -0.118. The Balaban J connectivity index is 1.41. The number of halogens is 1. The maximum atomic E-state index is 12.9. The van der Waals surface area contributed by atoms with Crippen molar-refractivity contribution in [2.24, 2.45) is 0 Å². The van der Waals surface area contributed by atoms with E-state index in [4.69, 9.17) is 4.74 Å². The van der Waals surface area contributed by atoms with Crippen LogP contribution in [0, 0.1) is 12.7 Å². The van der Waals surface area contributed by atoms with Crippen LogP contribution < -0.4 is 15.4 Å². The number of nitrogens with one attached hydrogen (secondary N) is 2. The molecule has 0 heterocycles. The predicted molar refractivity (Wildman–Crippen MR) is 114 cm³/mol. The first-order valence-corrected chi connectivity index (χ1v) is 9.62. The number of carbonyl (C=O) groups excluding carboxylic acids is 1. The van der Waals surface area contributed by atoms with Gasteiger partial charge in [0.25, 0.3) is 5.91 Å². The number of amides is 1. The fourth-order valence-corrected chi connectivity index (χ4v) is 2.84. The summed E-state index contributed by atoms with van der Waals surface area (Å²) in [4.78, 5) is 12.1. The third-order valence-corrected chi connectivity index (χ3v) is 4.44. The minimum absolute atomic E-state index is 0.0463. The van der Waals surface area contributed by atoms with Crippen LogP contribution >= 0.6 is 0 Å². The average molecular weight is 392 g/mol. The first-order valence-electron chi connectivity index (χ1n) is 9.62. The highest BCUT2D eigenvalue weighted by Crippen LogP contribution is 2.14. The molecule has 0 aromatic heterocycles. The van der Waals surface area contributed by atoms with E-state index in [0.29, 0.717) is 12.3 Å². The smallest absolute Gasteiger partial charge is 0.262 e. The molecule has 0 bridgehead atoms. The molecule has 150 valence electrons. The van der Waals surface area contributed by atoms with Gasteiger partial charge in [-0.3, -0.25) is 4.79 Å².